The Labute approximate surface area is 53.8 Å². The lowest BCUT2D eigenvalue weighted by Gasteiger charge is -2.00. The van der Waals surface area contributed by atoms with Crippen molar-refractivity contribution in [2.45, 2.75) is 25.4 Å². The first kappa shape index (κ1) is 6.51. The molecule has 1 aliphatic rings. The van der Waals surface area contributed by atoms with Crippen molar-refractivity contribution in [3.05, 3.63) is 0 Å². The molecule has 1 rings (SSSR count). The Kier molecular flexibility index (Phi) is 1.68. The van der Waals surface area contributed by atoms with Crippen molar-refractivity contribution in [1.29, 1.82) is 0 Å². The fourth-order valence-electron chi connectivity index (χ4n) is 0.902. The zero-order valence-corrected chi connectivity index (χ0v) is 5.35. The van der Waals surface area contributed by atoms with E-state index in [0.29, 0.717) is 6.04 Å². The number of nitrogens with one attached hydrogen (secondary N) is 2. The van der Waals surface area contributed by atoms with Crippen LogP contribution in [0.1, 0.15) is 13.3 Å². The van der Waals surface area contributed by atoms with E-state index in [1.54, 1.807) is 0 Å². The quantitative estimate of drug-likeness (QED) is 0.413. The van der Waals surface area contributed by atoms with E-state index in [4.69, 9.17) is 5.73 Å². The molecule has 0 aromatic rings. The molecule has 4 nitrogen and oxygen atoms in total. The monoisotopic (exact) mass is 129 g/mol. The number of hydrogen-bond acceptors (Lipinski definition) is 3. The molecule has 52 valence electrons. The van der Waals surface area contributed by atoms with Gasteiger partial charge in [-0.2, -0.15) is 0 Å². The van der Waals surface area contributed by atoms with Crippen molar-refractivity contribution >= 4 is 5.91 Å². The zero-order valence-electron chi connectivity index (χ0n) is 5.35. The van der Waals surface area contributed by atoms with Gasteiger partial charge in [-0.05, 0) is 13.3 Å². The number of rotatable bonds is 1. The average Bonchev–Trinajstić information content (AvgIpc) is 2.14. The number of hydrazine groups is 1. The Morgan fingerprint density at radius 1 is 1.67 bits per heavy atom. The van der Waals surface area contributed by atoms with Crippen molar-refractivity contribution in [3.8, 4) is 0 Å². The van der Waals surface area contributed by atoms with Crippen LogP contribution in [0.15, 0.2) is 0 Å². The summed E-state index contributed by atoms with van der Waals surface area (Å²) in [6.45, 7) is 2.00. The van der Waals surface area contributed by atoms with Gasteiger partial charge >= 0.3 is 0 Å². The molecular formula is C5H11N3O. The second kappa shape index (κ2) is 2.33. The van der Waals surface area contributed by atoms with E-state index >= 15 is 0 Å². The van der Waals surface area contributed by atoms with Gasteiger partial charge in [-0.3, -0.25) is 10.2 Å². The third-order valence-electron chi connectivity index (χ3n) is 1.44. The van der Waals surface area contributed by atoms with Crippen molar-refractivity contribution in [1.82, 2.24) is 10.9 Å². The highest BCUT2D eigenvalue weighted by Gasteiger charge is 2.23. The van der Waals surface area contributed by atoms with Crippen LogP contribution in [-0.2, 0) is 4.79 Å². The zero-order chi connectivity index (χ0) is 6.85. The van der Waals surface area contributed by atoms with Crippen LogP contribution in [-0.4, -0.2) is 18.0 Å². The van der Waals surface area contributed by atoms with Crippen LogP contribution >= 0.6 is 0 Å². The van der Waals surface area contributed by atoms with Gasteiger partial charge < -0.3 is 5.73 Å². The third kappa shape index (κ3) is 1.40. The van der Waals surface area contributed by atoms with Gasteiger partial charge in [0.05, 0.1) is 0 Å². The topological polar surface area (TPSA) is 67.2 Å². The SMILES string of the molecule is CC1CC(C(N)=O)NN1. The fraction of sp³-hybridized carbons (Fsp3) is 0.800. The summed E-state index contributed by atoms with van der Waals surface area (Å²) in [6, 6.07) is 0.169. The number of carbonyl (C=O) groups is 1. The molecule has 0 aliphatic carbocycles. The summed E-state index contributed by atoms with van der Waals surface area (Å²) < 4.78 is 0. The minimum Gasteiger partial charge on any atom is -0.368 e. The van der Waals surface area contributed by atoms with E-state index in [1.165, 1.54) is 0 Å². The second-order valence-electron chi connectivity index (χ2n) is 2.38. The number of carbonyl (C=O) groups excluding carboxylic acids is 1. The van der Waals surface area contributed by atoms with Gasteiger partial charge in [0.2, 0.25) is 5.91 Å². The number of amides is 1. The molecule has 1 aliphatic heterocycles. The first-order valence-electron chi connectivity index (χ1n) is 3.00. The van der Waals surface area contributed by atoms with Gasteiger partial charge in [0.1, 0.15) is 6.04 Å². The molecule has 0 radical (unpaired) electrons. The summed E-state index contributed by atoms with van der Waals surface area (Å²) in [5, 5.41) is 0. The summed E-state index contributed by atoms with van der Waals surface area (Å²) in [5.41, 5.74) is 10.7. The summed E-state index contributed by atoms with van der Waals surface area (Å²) >= 11 is 0. The molecule has 1 amide bonds. The van der Waals surface area contributed by atoms with E-state index < -0.39 is 0 Å². The standard InChI is InChI=1S/C5H11N3O/c1-3-2-4(5(6)9)8-7-3/h3-4,7-8H,2H2,1H3,(H2,6,9). The Morgan fingerprint density at radius 2 is 2.33 bits per heavy atom. The van der Waals surface area contributed by atoms with Gasteiger partial charge in [0.15, 0.2) is 0 Å². The van der Waals surface area contributed by atoms with E-state index in [1.807, 2.05) is 6.92 Å². The molecule has 1 heterocycles. The maximum atomic E-state index is 10.5. The predicted octanol–water partition coefficient (Wildman–Crippen LogP) is -1.27. The fourth-order valence-corrected chi connectivity index (χ4v) is 0.902. The minimum absolute atomic E-state index is 0.181. The normalized spacial score (nSPS) is 34.8. The molecule has 1 fully saturated rings. The Hall–Kier alpha value is -0.610. The minimum atomic E-state index is -0.285. The lowest BCUT2D eigenvalue weighted by molar-refractivity contribution is -0.119. The summed E-state index contributed by atoms with van der Waals surface area (Å²) in [5.74, 6) is -0.285. The van der Waals surface area contributed by atoms with E-state index in [0.717, 1.165) is 6.42 Å². The smallest absolute Gasteiger partial charge is 0.235 e. The van der Waals surface area contributed by atoms with Crippen LogP contribution in [0, 0.1) is 0 Å². The van der Waals surface area contributed by atoms with Crippen LogP contribution in [0.3, 0.4) is 0 Å². The molecule has 9 heavy (non-hydrogen) atoms. The first-order valence-corrected chi connectivity index (χ1v) is 3.00. The molecule has 0 spiro atoms. The lowest BCUT2D eigenvalue weighted by atomic mass is 10.1. The summed E-state index contributed by atoms with van der Waals surface area (Å²) in [6.07, 6.45) is 0.787. The Morgan fingerprint density at radius 3 is 2.56 bits per heavy atom. The molecule has 0 aromatic heterocycles. The molecule has 2 unspecified atom stereocenters. The van der Waals surface area contributed by atoms with Crippen LogP contribution in [0.2, 0.25) is 0 Å². The largest absolute Gasteiger partial charge is 0.368 e. The molecule has 1 saturated heterocycles. The Bertz CT molecular complexity index is 125. The van der Waals surface area contributed by atoms with Gasteiger partial charge in [-0.1, -0.05) is 0 Å². The molecule has 4 N–H and O–H groups in total. The highest BCUT2D eigenvalue weighted by molar-refractivity contribution is 5.80. The van der Waals surface area contributed by atoms with Crippen molar-refractivity contribution < 1.29 is 4.79 Å². The second-order valence-corrected chi connectivity index (χ2v) is 2.38. The summed E-state index contributed by atoms with van der Waals surface area (Å²) in [4.78, 5) is 10.5. The van der Waals surface area contributed by atoms with Crippen molar-refractivity contribution in [3.63, 3.8) is 0 Å². The highest BCUT2D eigenvalue weighted by Crippen LogP contribution is 2.01. The van der Waals surface area contributed by atoms with Crippen molar-refractivity contribution in [2.24, 2.45) is 5.73 Å². The van der Waals surface area contributed by atoms with Gasteiger partial charge in [-0.15, -0.1) is 0 Å². The van der Waals surface area contributed by atoms with Gasteiger partial charge in [0, 0.05) is 6.04 Å². The molecule has 0 aromatic carbocycles. The third-order valence-corrected chi connectivity index (χ3v) is 1.44. The highest BCUT2D eigenvalue weighted by atomic mass is 16.1. The number of hydrogen-bond donors (Lipinski definition) is 3. The van der Waals surface area contributed by atoms with Gasteiger partial charge in [-0.25, -0.2) is 5.43 Å². The summed E-state index contributed by atoms with van der Waals surface area (Å²) in [7, 11) is 0. The Balaban J connectivity index is 2.39. The molecular weight excluding hydrogens is 118 g/mol. The molecule has 0 bridgehead atoms. The molecule has 2 atom stereocenters. The van der Waals surface area contributed by atoms with Crippen LogP contribution in [0.4, 0.5) is 0 Å². The van der Waals surface area contributed by atoms with Gasteiger partial charge in [0.25, 0.3) is 0 Å². The van der Waals surface area contributed by atoms with Crippen molar-refractivity contribution in [2.75, 3.05) is 0 Å². The lowest BCUT2D eigenvalue weighted by Crippen LogP contribution is -2.40. The van der Waals surface area contributed by atoms with E-state index in [9.17, 15) is 4.79 Å². The van der Waals surface area contributed by atoms with E-state index in [2.05, 4.69) is 10.9 Å². The van der Waals surface area contributed by atoms with Crippen LogP contribution in [0.25, 0.3) is 0 Å². The maximum Gasteiger partial charge on any atom is 0.235 e. The predicted molar refractivity (Wildman–Crippen MR) is 33.3 cm³/mol. The van der Waals surface area contributed by atoms with E-state index in [-0.39, 0.29) is 11.9 Å². The average molecular weight is 129 g/mol. The number of nitrogens with two attached hydrogens (primary N) is 1. The molecule has 4 heteroatoms. The first-order chi connectivity index (χ1) is 4.20. The molecule has 0 saturated carbocycles. The van der Waals surface area contributed by atoms with Crippen LogP contribution < -0.4 is 16.6 Å². The number of primary amides is 1. The van der Waals surface area contributed by atoms with Crippen LogP contribution in [0.5, 0.6) is 0 Å². The maximum absolute atomic E-state index is 10.5.